The van der Waals surface area contributed by atoms with Gasteiger partial charge in [-0.05, 0) is 13.8 Å². The lowest BCUT2D eigenvalue weighted by atomic mass is 10.4. The van der Waals surface area contributed by atoms with Crippen molar-refractivity contribution in [2.75, 3.05) is 0 Å². The van der Waals surface area contributed by atoms with Gasteiger partial charge in [0.15, 0.2) is 10.8 Å². The van der Waals surface area contributed by atoms with Gasteiger partial charge in [-0.2, -0.15) is 0 Å². The lowest BCUT2D eigenvalue weighted by Crippen LogP contribution is -2.23. The van der Waals surface area contributed by atoms with Crippen LogP contribution in [0.25, 0.3) is 0 Å². The summed E-state index contributed by atoms with van der Waals surface area (Å²) in [7, 11) is -3.58. The molecule has 0 unspecified atom stereocenters. The molecule has 0 saturated carbocycles. The van der Waals surface area contributed by atoms with E-state index in [2.05, 4.69) is 19.8 Å². The Bertz CT molecular complexity index is 614. The van der Waals surface area contributed by atoms with Crippen LogP contribution in [-0.2, 0) is 16.6 Å². The first kappa shape index (κ1) is 11.8. The zero-order chi connectivity index (χ0) is 12.5. The fourth-order valence-corrected chi connectivity index (χ4v) is 2.24. The van der Waals surface area contributed by atoms with E-state index >= 15 is 0 Å². The third kappa shape index (κ3) is 2.71. The molecular formula is C9H12N4O3S. The van der Waals surface area contributed by atoms with Crippen molar-refractivity contribution in [3.05, 3.63) is 29.5 Å². The summed E-state index contributed by atoms with van der Waals surface area (Å²) in [6.07, 6.45) is 1.27. The molecule has 8 heteroatoms. The first-order valence-electron chi connectivity index (χ1n) is 4.91. The molecule has 0 aliphatic carbocycles. The zero-order valence-electron chi connectivity index (χ0n) is 9.39. The van der Waals surface area contributed by atoms with Gasteiger partial charge in [-0.1, -0.05) is 5.16 Å². The van der Waals surface area contributed by atoms with Crippen LogP contribution in [0.2, 0.25) is 0 Å². The van der Waals surface area contributed by atoms with Crippen molar-refractivity contribution in [2.45, 2.75) is 25.4 Å². The van der Waals surface area contributed by atoms with Crippen LogP contribution in [0.1, 0.15) is 17.3 Å². The highest BCUT2D eigenvalue weighted by molar-refractivity contribution is 7.89. The molecule has 0 radical (unpaired) electrons. The molecule has 0 aliphatic rings. The fourth-order valence-electron chi connectivity index (χ4n) is 1.28. The number of hydrogen-bond acceptors (Lipinski definition) is 5. The number of aryl methyl sites for hydroxylation is 2. The smallest absolute Gasteiger partial charge is 0.258 e. The van der Waals surface area contributed by atoms with E-state index in [1.165, 1.54) is 6.20 Å². The molecule has 2 rings (SSSR count). The van der Waals surface area contributed by atoms with Crippen molar-refractivity contribution in [1.29, 1.82) is 0 Å². The van der Waals surface area contributed by atoms with Crippen molar-refractivity contribution in [1.82, 2.24) is 19.8 Å². The van der Waals surface area contributed by atoms with Gasteiger partial charge in [0.05, 0.1) is 18.4 Å². The molecule has 0 saturated heterocycles. The summed E-state index contributed by atoms with van der Waals surface area (Å²) in [4.78, 5) is 6.48. The molecule has 2 heterocycles. The molecule has 0 amide bonds. The highest BCUT2D eigenvalue weighted by atomic mass is 32.2. The number of H-pyrrole nitrogens is 1. The van der Waals surface area contributed by atoms with Crippen LogP contribution < -0.4 is 4.72 Å². The van der Waals surface area contributed by atoms with Gasteiger partial charge in [0.2, 0.25) is 0 Å². The van der Waals surface area contributed by atoms with Crippen molar-refractivity contribution in [3.8, 4) is 0 Å². The molecule has 2 aromatic heterocycles. The number of nitrogens with zero attached hydrogens (tertiary/aromatic N) is 2. The van der Waals surface area contributed by atoms with Crippen LogP contribution in [0.3, 0.4) is 0 Å². The number of aromatic nitrogens is 3. The Kier molecular flexibility index (Phi) is 2.99. The molecule has 0 aromatic carbocycles. The standard InChI is InChI=1S/C9H12N4O3S/c1-6-3-8(16-13-6)4-11-17(14,15)9-5-10-7(2)12-9/h3,5,11H,4H2,1-2H3,(H,10,12). The maximum atomic E-state index is 11.8. The second-order valence-electron chi connectivity index (χ2n) is 3.59. The number of sulfonamides is 1. The maximum Gasteiger partial charge on any atom is 0.258 e. The van der Waals surface area contributed by atoms with E-state index in [9.17, 15) is 8.42 Å². The van der Waals surface area contributed by atoms with Gasteiger partial charge in [-0.25, -0.2) is 18.1 Å². The average molecular weight is 256 g/mol. The average Bonchev–Trinajstić information content (AvgIpc) is 2.85. The predicted octanol–water partition coefficient (Wildman–Crippen LogP) is 0.493. The summed E-state index contributed by atoms with van der Waals surface area (Å²) in [5, 5.41) is 3.70. The third-order valence-corrected chi connectivity index (χ3v) is 3.39. The van der Waals surface area contributed by atoms with Crippen LogP contribution in [0, 0.1) is 13.8 Å². The van der Waals surface area contributed by atoms with Crippen LogP contribution in [0.4, 0.5) is 0 Å². The second-order valence-corrected chi connectivity index (χ2v) is 5.33. The summed E-state index contributed by atoms with van der Waals surface area (Å²) < 4.78 is 30.8. The van der Waals surface area contributed by atoms with Gasteiger partial charge in [-0.15, -0.1) is 0 Å². The van der Waals surface area contributed by atoms with E-state index < -0.39 is 10.0 Å². The molecule has 0 bridgehead atoms. The Morgan fingerprint density at radius 1 is 1.47 bits per heavy atom. The summed E-state index contributed by atoms with van der Waals surface area (Å²) >= 11 is 0. The van der Waals surface area contributed by atoms with Gasteiger partial charge in [0.25, 0.3) is 10.0 Å². The molecule has 0 fully saturated rings. The van der Waals surface area contributed by atoms with Crippen LogP contribution in [0.5, 0.6) is 0 Å². The minimum atomic E-state index is -3.58. The monoisotopic (exact) mass is 256 g/mol. The Morgan fingerprint density at radius 2 is 2.24 bits per heavy atom. The molecule has 2 aromatic rings. The van der Waals surface area contributed by atoms with Crippen LogP contribution in [0.15, 0.2) is 21.8 Å². The fraction of sp³-hybridized carbons (Fsp3) is 0.333. The predicted molar refractivity (Wildman–Crippen MR) is 58.6 cm³/mol. The molecule has 7 nitrogen and oxygen atoms in total. The highest BCUT2D eigenvalue weighted by Gasteiger charge is 2.16. The van der Waals surface area contributed by atoms with E-state index in [0.29, 0.717) is 17.3 Å². The number of hydrogen-bond donors (Lipinski definition) is 2. The van der Waals surface area contributed by atoms with E-state index in [4.69, 9.17) is 4.52 Å². The molecule has 2 N–H and O–H groups in total. The molecule has 92 valence electrons. The molecule has 0 spiro atoms. The second kappa shape index (κ2) is 4.30. The normalized spacial score (nSPS) is 11.9. The molecule has 17 heavy (non-hydrogen) atoms. The summed E-state index contributed by atoms with van der Waals surface area (Å²) in [6.45, 7) is 3.50. The Morgan fingerprint density at radius 3 is 2.76 bits per heavy atom. The Hall–Kier alpha value is -1.67. The van der Waals surface area contributed by atoms with Gasteiger partial charge in [0.1, 0.15) is 5.82 Å². The quantitative estimate of drug-likeness (QED) is 0.829. The van der Waals surface area contributed by atoms with E-state index in [1.54, 1.807) is 19.9 Å². The first-order chi connectivity index (χ1) is 7.97. The number of rotatable bonds is 4. The molecule has 0 atom stereocenters. The summed E-state index contributed by atoms with van der Waals surface area (Å²) in [5.74, 6) is 1.00. The Labute approximate surface area is 98.3 Å². The SMILES string of the molecule is Cc1cc(CNS(=O)(=O)c2cnc(C)[nH]2)on1. The van der Waals surface area contributed by atoms with Crippen molar-refractivity contribution in [3.63, 3.8) is 0 Å². The van der Waals surface area contributed by atoms with Crippen LogP contribution in [-0.4, -0.2) is 23.5 Å². The van der Waals surface area contributed by atoms with Gasteiger partial charge in [0, 0.05) is 6.07 Å². The van der Waals surface area contributed by atoms with Crippen molar-refractivity contribution in [2.24, 2.45) is 0 Å². The minimum absolute atomic E-state index is 0.0336. The lowest BCUT2D eigenvalue weighted by molar-refractivity contribution is 0.377. The first-order valence-corrected chi connectivity index (χ1v) is 6.39. The Balaban J connectivity index is 2.08. The topological polar surface area (TPSA) is 101 Å². The molecule has 0 aliphatic heterocycles. The van der Waals surface area contributed by atoms with Crippen molar-refractivity contribution < 1.29 is 12.9 Å². The highest BCUT2D eigenvalue weighted by Crippen LogP contribution is 2.07. The van der Waals surface area contributed by atoms with E-state index in [-0.39, 0.29) is 11.6 Å². The number of nitrogens with one attached hydrogen (secondary N) is 2. The largest absolute Gasteiger partial charge is 0.360 e. The zero-order valence-corrected chi connectivity index (χ0v) is 10.2. The third-order valence-electron chi connectivity index (χ3n) is 2.08. The van der Waals surface area contributed by atoms with Crippen molar-refractivity contribution >= 4 is 10.0 Å². The molecular weight excluding hydrogens is 244 g/mol. The van der Waals surface area contributed by atoms with Gasteiger partial charge >= 0.3 is 0 Å². The van der Waals surface area contributed by atoms with E-state index in [1.807, 2.05) is 0 Å². The lowest BCUT2D eigenvalue weighted by Gasteiger charge is -2.01. The maximum absolute atomic E-state index is 11.8. The minimum Gasteiger partial charge on any atom is -0.360 e. The number of imidazole rings is 1. The van der Waals surface area contributed by atoms with Gasteiger partial charge < -0.3 is 9.51 Å². The summed E-state index contributed by atoms with van der Waals surface area (Å²) in [5.41, 5.74) is 0.705. The summed E-state index contributed by atoms with van der Waals surface area (Å²) in [6, 6.07) is 1.67. The van der Waals surface area contributed by atoms with Gasteiger partial charge in [-0.3, -0.25) is 0 Å². The van der Waals surface area contributed by atoms with E-state index in [0.717, 1.165) is 0 Å². The van der Waals surface area contributed by atoms with Crippen LogP contribution >= 0.6 is 0 Å². The number of aromatic amines is 1.